The number of aromatic nitrogens is 2. The molecule has 0 saturated heterocycles. The number of hydrogen-bond acceptors (Lipinski definition) is 6. The van der Waals surface area contributed by atoms with E-state index in [4.69, 9.17) is 9.15 Å². The van der Waals surface area contributed by atoms with Crippen LogP contribution in [0.15, 0.2) is 84.1 Å². The Bertz CT molecular complexity index is 1400. The molecule has 8 nitrogen and oxygen atoms in total. The highest BCUT2D eigenvalue weighted by atomic mass is 19.1. The van der Waals surface area contributed by atoms with Crippen molar-refractivity contribution >= 4 is 11.8 Å². The van der Waals surface area contributed by atoms with Gasteiger partial charge in [0.1, 0.15) is 36.3 Å². The molecule has 2 unspecified atom stereocenters. The third kappa shape index (κ3) is 5.18. The summed E-state index contributed by atoms with van der Waals surface area (Å²) in [6, 6.07) is 11.7. The van der Waals surface area contributed by atoms with Gasteiger partial charge in [0.25, 0.3) is 5.91 Å². The average molecular weight is 504 g/mol. The summed E-state index contributed by atoms with van der Waals surface area (Å²) in [4.78, 5) is 36.9. The Balaban J connectivity index is 1.50. The van der Waals surface area contributed by atoms with Crippen LogP contribution in [0.4, 0.5) is 8.78 Å². The van der Waals surface area contributed by atoms with E-state index in [1.165, 1.54) is 47.7 Å². The molecule has 1 N–H and O–H groups in total. The molecule has 2 amide bonds. The number of fused-ring (bicyclic) bond motifs is 1. The highest BCUT2D eigenvalue weighted by Crippen LogP contribution is 2.41. The van der Waals surface area contributed by atoms with Crippen molar-refractivity contribution in [3.05, 3.63) is 114 Å². The molecule has 2 aromatic heterocycles. The molecule has 4 aromatic rings. The highest BCUT2D eigenvalue weighted by Gasteiger charge is 2.42. The van der Waals surface area contributed by atoms with Crippen molar-refractivity contribution in [2.75, 3.05) is 13.2 Å². The number of amides is 2. The predicted octanol–water partition coefficient (Wildman–Crippen LogP) is 4.02. The molecule has 188 valence electrons. The van der Waals surface area contributed by atoms with Crippen molar-refractivity contribution in [3.8, 4) is 5.75 Å². The molecule has 0 bridgehead atoms. The number of ether oxygens (including phenoxy) is 1. The van der Waals surface area contributed by atoms with Gasteiger partial charge in [0.05, 0.1) is 6.04 Å². The second-order valence-corrected chi connectivity index (χ2v) is 8.45. The Kier molecular flexibility index (Phi) is 6.89. The minimum Gasteiger partial charge on any atom is -0.491 e. The molecule has 0 saturated carbocycles. The second-order valence-electron chi connectivity index (χ2n) is 8.45. The third-order valence-electron chi connectivity index (χ3n) is 6.08. The number of halogens is 2. The number of carbonyl (C=O) groups is 2. The highest BCUT2D eigenvalue weighted by molar-refractivity contribution is 5.96. The van der Waals surface area contributed by atoms with Crippen molar-refractivity contribution in [2.45, 2.75) is 18.5 Å². The first kappa shape index (κ1) is 24.1. The quantitative estimate of drug-likeness (QED) is 0.389. The minimum absolute atomic E-state index is 0.00277. The minimum atomic E-state index is -1.13. The Labute approximate surface area is 210 Å². The third-order valence-corrected chi connectivity index (χ3v) is 6.08. The van der Waals surface area contributed by atoms with E-state index in [0.717, 1.165) is 6.39 Å². The van der Waals surface area contributed by atoms with Crippen molar-refractivity contribution in [3.63, 3.8) is 0 Å². The maximum atomic E-state index is 13.8. The lowest BCUT2D eigenvalue weighted by Gasteiger charge is -2.34. The number of benzene rings is 2. The summed E-state index contributed by atoms with van der Waals surface area (Å²) in [5.74, 6) is -1.60. The second kappa shape index (κ2) is 10.6. The first-order valence-electron chi connectivity index (χ1n) is 11.6. The van der Waals surface area contributed by atoms with E-state index >= 15 is 0 Å². The fraction of sp³-hybridized carbons (Fsp3) is 0.185. The molecule has 2 atom stereocenters. The number of nitrogens with zero attached hydrogens (tertiary/aromatic N) is 3. The van der Waals surface area contributed by atoms with Gasteiger partial charge in [0.2, 0.25) is 5.91 Å². The van der Waals surface area contributed by atoms with Crippen LogP contribution in [0.3, 0.4) is 0 Å². The summed E-state index contributed by atoms with van der Waals surface area (Å²) >= 11 is 0. The lowest BCUT2D eigenvalue weighted by molar-refractivity contribution is -0.126. The van der Waals surface area contributed by atoms with Gasteiger partial charge >= 0.3 is 0 Å². The molecule has 3 heterocycles. The summed E-state index contributed by atoms with van der Waals surface area (Å²) < 4.78 is 38.1. The van der Waals surface area contributed by atoms with E-state index in [2.05, 4.69) is 15.3 Å². The van der Waals surface area contributed by atoms with Crippen LogP contribution in [0.25, 0.3) is 0 Å². The monoisotopic (exact) mass is 504 g/mol. The summed E-state index contributed by atoms with van der Waals surface area (Å²) in [6.45, 7) is 0.212. The molecule has 5 rings (SSSR count). The van der Waals surface area contributed by atoms with Crippen LogP contribution in [-0.4, -0.2) is 39.8 Å². The topological polar surface area (TPSA) is 97.6 Å². The summed E-state index contributed by atoms with van der Waals surface area (Å²) in [6.07, 6.45) is 5.76. The molecular weight excluding hydrogens is 482 g/mol. The lowest BCUT2D eigenvalue weighted by atomic mass is 9.99. The standard InChI is InChI=1S/C27H22F2N4O4/c28-19-5-1-3-17(11-19)8-10-31-26(34)25(18-4-2-9-30-13-18)33(27(35)22-14-36-16-32-22)23-15-37-24-12-20(29)6-7-21(23)24/h1-7,9,11-14,16,23,25H,8,10,15H2,(H,31,34). The van der Waals surface area contributed by atoms with Crippen LogP contribution in [-0.2, 0) is 11.2 Å². The van der Waals surface area contributed by atoms with E-state index in [1.54, 1.807) is 30.5 Å². The molecule has 37 heavy (non-hydrogen) atoms. The van der Waals surface area contributed by atoms with Gasteiger partial charge in [-0.15, -0.1) is 0 Å². The molecule has 2 aromatic carbocycles. The number of hydrogen-bond donors (Lipinski definition) is 1. The summed E-state index contributed by atoms with van der Waals surface area (Å²) in [5.41, 5.74) is 1.73. The molecule has 0 fully saturated rings. The van der Waals surface area contributed by atoms with Crippen LogP contribution < -0.4 is 10.1 Å². The average Bonchev–Trinajstić information content (AvgIpc) is 3.58. The van der Waals surface area contributed by atoms with Gasteiger partial charge in [-0.1, -0.05) is 24.3 Å². The van der Waals surface area contributed by atoms with Gasteiger partial charge < -0.3 is 19.4 Å². The van der Waals surface area contributed by atoms with Gasteiger partial charge in [-0.05, 0) is 36.2 Å². The van der Waals surface area contributed by atoms with Gasteiger partial charge in [-0.25, -0.2) is 13.8 Å². The molecule has 0 spiro atoms. The maximum absolute atomic E-state index is 13.8. The van der Waals surface area contributed by atoms with Gasteiger partial charge in [-0.3, -0.25) is 14.6 Å². The van der Waals surface area contributed by atoms with Crippen molar-refractivity contribution < 1.29 is 27.5 Å². The smallest absolute Gasteiger partial charge is 0.277 e. The number of oxazole rings is 1. The van der Waals surface area contributed by atoms with Crippen LogP contribution in [0.1, 0.15) is 39.3 Å². The van der Waals surface area contributed by atoms with Gasteiger partial charge in [-0.2, -0.15) is 0 Å². The molecule has 10 heteroatoms. The Morgan fingerprint density at radius 1 is 1.11 bits per heavy atom. The normalized spacial score (nSPS) is 14.9. The Hall–Kier alpha value is -4.60. The predicted molar refractivity (Wildman–Crippen MR) is 127 cm³/mol. The summed E-state index contributed by atoms with van der Waals surface area (Å²) in [5, 5.41) is 2.86. The van der Waals surface area contributed by atoms with Crippen LogP contribution >= 0.6 is 0 Å². The number of pyridine rings is 1. The zero-order valence-electron chi connectivity index (χ0n) is 19.5. The lowest BCUT2D eigenvalue weighted by Crippen LogP contribution is -2.46. The van der Waals surface area contributed by atoms with Crippen molar-refractivity contribution in [2.24, 2.45) is 0 Å². The summed E-state index contributed by atoms with van der Waals surface area (Å²) in [7, 11) is 0. The van der Waals surface area contributed by atoms with Crippen molar-refractivity contribution in [1.29, 1.82) is 0 Å². The van der Waals surface area contributed by atoms with E-state index in [-0.39, 0.29) is 24.7 Å². The largest absolute Gasteiger partial charge is 0.491 e. The molecule has 1 aliphatic heterocycles. The van der Waals surface area contributed by atoms with E-state index in [1.807, 2.05) is 0 Å². The van der Waals surface area contributed by atoms with Gasteiger partial charge in [0, 0.05) is 36.1 Å². The molecule has 0 radical (unpaired) electrons. The Morgan fingerprint density at radius 3 is 2.73 bits per heavy atom. The van der Waals surface area contributed by atoms with Crippen molar-refractivity contribution in [1.82, 2.24) is 20.2 Å². The first-order valence-corrected chi connectivity index (χ1v) is 11.6. The fourth-order valence-electron chi connectivity index (χ4n) is 4.38. The number of nitrogens with one attached hydrogen (secondary N) is 1. The Morgan fingerprint density at radius 2 is 1.97 bits per heavy atom. The zero-order valence-corrected chi connectivity index (χ0v) is 19.5. The SMILES string of the molecule is O=C(NCCc1cccc(F)c1)C(c1cccnc1)N(C(=O)c1cocn1)C1COc2cc(F)ccc21. The van der Waals surface area contributed by atoms with Crippen LogP contribution in [0, 0.1) is 11.6 Å². The first-order chi connectivity index (χ1) is 18.0. The van der Waals surface area contributed by atoms with Crippen LogP contribution in [0.5, 0.6) is 5.75 Å². The zero-order chi connectivity index (χ0) is 25.8. The van der Waals surface area contributed by atoms with E-state index in [9.17, 15) is 18.4 Å². The van der Waals surface area contributed by atoms with E-state index < -0.39 is 29.7 Å². The van der Waals surface area contributed by atoms with E-state index in [0.29, 0.717) is 28.9 Å². The van der Waals surface area contributed by atoms with Gasteiger partial charge in [0.15, 0.2) is 12.1 Å². The maximum Gasteiger partial charge on any atom is 0.277 e. The molecular formula is C27H22F2N4O4. The fourth-order valence-corrected chi connectivity index (χ4v) is 4.38. The molecule has 0 aliphatic carbocycles. The van der Waals surface area contributed by atoms with Crippen LogP contribution in [0.2, 0.25) is 0 Å². The number of carbonyl (C=O) groups excluding carboxylic acids is 2. The molecule has 1 aliphatic rings. The number of rotatable bonds is 8.